The van der Waals surface area contributed by atoms with Crippen LogP contribution in [0, 0.1) is 17.8 Å². The van der Waals surface area contributed by atoms with Gasteiger partial charge in [0.25, 0.3) is 0 Å². The molecule has 2 saturated carbocycles. The predicted octanol–water partition coefficient (Wildman–Crippen LogP) is 2.51. The van der Waals surface area contributed by atoms with E-state index in [4.69, 9.17) is 15.7 Å². The summed E-state index contributed by atoms with van der Waals surface area (Å²) < 4.78 is 30.1. The van der Waals surface area contributed by atoms with Crippen molar-refractivity contribution < 1.29 is 18.3 Å². The van der Waals surface area contributed by atoms with Gasteiger partial charge in [0.05, 0.1) is 11.4 Å². The number of amides is 1. The first-order valence-corrected chi connectivity index (χ1v) is 11.0. The highest BCUT2D eigenvalue weighted by Crippen LogP contribution is 2.58. The molecular weight excluding hydrogens is 418 g/mol. The largest absolute Gasteiger partial charge is 0.431 e. The van der Waals surface area contributed by atoms with Crippen molar-refractivity contribution in [2.24, 2.45) is 17.8 Å². The number of carbonyl (C=O) groups is 1. The zero-order valence-corrected chi connectivity index (χ0v) is 17.6. The molecule has 5 aliphatic rings. The van der Waals surface area contributed by atoms with E-state index in [1.54, 1.807) is 6.92 Å². The summed E-state index contributed by atoms with van der Waals surface area (Å²) in [4.78, 5) is 29.6. The highest BCUT2D eigenvalue weighted by atomic mass is 19.3. The number of ether oxygens (including phenoxy) is 1. The van der Waals surface area contributed by atoms with Gasteiger partial charge in [0, 0.05) is 50.3 Å². The third kappa shape index (κ3) is 3.15. The molecule has 10 heteroatoms. The zero-order valence-electron chi connectivity index (χ0n) is 17.6. The summed E-state index contributed by atoms with van der Waals surface area (Å²) >= 11 is 0. The van der Waals surface area contributed by atoms with Crippen molar-refractivity contribution in [3.63, 3.8) is 0 Å². The van der Waals surface area contributed by atoms with Crippen LogP contribution in [0.15, 0.2) is 18.3 Å². The van der Waals surface area contributed by atoms with E-state index < -0.39 is 6.61 Å². The summed E-state index contributed by atoms with van der Waals surface area (Å²) in [7, 11) is 0. The van der Waals surface area contributed by atoms with Crippen molar-refractivity contribution in [1.82, 2.24) is 19.9 Å². The third-order valence-electron chi connectivity index (χ3n) is 7.47. The van der Waals surface area contributed by atoms with E-state index in [9.17, 15) is 13.6 Å². The average Bonchev–Trinajstić information content (AvgIpc) is 3.15. The molecule has 0 radical (unpaired) electrons. The molecule has 2 bridgehead atoms. The Morgan fingerprint density at radius 3 is 2.56 bits per heavy atom. The minimum absolute atomic E-state index is 0.0926. The number of alkyl halides is 2. The quantitative estimate of drug-likeness (QED) is 0.760. The lowest BCUT2D eigenvalue weighted by molar-refractivity contribution is -0.128. The Kier molecular flexibility index (Phi) is 4.28. The second-order valence-electron chi connectivity index (χ2n) is 9.39. The van der Waals surface area contributed by atoms with Gasteiger partial charge in [-0.2, -0.15) is 8.78 Å². The van der Waals surface area contributed by atoms with E-state index in [1.165, 1.54) is 25.1 Å². The van der Waals surface area contributed by atoms with Crippen LogP contribution in [0.2, 0.25) is 0 Å². The van der Waals surface area contributed by atoms with Crippen LogP contribution in [0.1, 0.15) is 31.4 Å². The van der Waals surface area contributed by atoms with Crippen LogP contribution in [0.25, 0.3) is 11.3 Å². The average molecular weight is 442 g/mol. The van der Waals surface area contributed by atoms with Crippen molar-refractivity contribution in [3.05, 3.63) is 24.0 Å². The van der Waals surface area contributed by atoms with Gasteiger partial charge in [-0.15, -0.1) is 0 Å². The number of nitrogen functional groups attached to an aromatic ring is 1. The highest BCUT2D eigenvalue weighted by molar-refractivity contribution is 5.74. The first-order valence-electron chi connectivity index (χ1n) is 11.0. The number of pyridine rings is 1. The number of anilines is 2. The summed E-state index contributed by atoms with van der Waals surface area (Å²) in [6.07, 6.45) is 3.86. The van der Waals surface area contributed by atoms with Crippen LogP contribution in [0.4, 0.5) is 20.5 Å². The lowest BCUT2D eigenvalue weighted by Crippen LogP contribution is -2.30. The number of likely N-dealkylation sites (tertiary alicyclic amines) is 1. The van der Waals surface area contributed by atoms with Crippen molar-refractivity contribution in [1.29, 1.82) is 0 Å². The smallest absolute Gasteiger partial charge is 0.387 e. The minimum Gasteiger partial charge on any atom is -0.431 e. The highest BCUT2D eigenvalue weighted by Gasteiger charge is 2.58. The molecule has 168 valence electrons. The molecule has 2 N–H and O–H groups in total. The Labute approximate surface area is 183 Å². The maximum atomic E-state index is 12.8. The molecule has 32 heavy (non-hydrogen) atoms. The molecule has 3 aliphatic heterocycles. The van der Waals surface area contributed by atoms with Crippen LogP contribution >= 0.6 is 0 Å². The molecule has 7 rings (SSSR count). The summed E-state index contributed by atoms with van der Waals surface area (Å²) in [5.41, 5.74) is 7.84. The second kappa shape index (κ2) is 6.98. The van der Waals surface area contributed by atoms with Gasteiger partial charge in [-0.05, 0) is 42.7 Å². The summed E-state index contributed by atoms with van der Waals surface area (Å²) in [6, 6.07) is 3.85. The number of aromatic nitrogens is 3. The van der Waals surface area contributed by atoms with Crippen molar-refractivity contribution in [2.45, 2.75) is 38.3 Å². The van der Waals surface area contributed by atoms with E-state index in [2.05, 4.69) is 14.6 Å². The molecule has 3 atom stereocenters. The van der Waals surface area contributed by atoms with Gasteiger partial charge < -0.3 is 20.3 Å². The summed E-state index contributed by atoms with van der Waals surface area (Å²) in [6.45, 7) is 1.07. The lowest BCUT2D eigenvalue weighted by atomic mass is 9.86. The Bertz CT molecular complexity index is 1080. The van der Waals surface area contributed by atoms with Gasteiger partial charge in [0.1, 0.15) is 0 Å². The monoisotopic (exact) mass is 442 g/mol. The molecule has 3 saturated heterocycles. The van der Waals surface area contributed by atoms with Crippen molar-refractivity contribution >= 4 is 17.7 Å². The fourth-order valence-corrected chi connectivity index (χ4v) is 5.68. The lowest BCUT2D eigenvalue weighted by Gasteiger charge is -2.26. The second-order valence-corrected chi connectivity index (χ2v) is 9.39. The van der Waals surface area contributed by atoms with E-state index in [0.717, 1.165) is 25.3 Å². The molecule has 8 nitrogen and oxygen atoms in total. The molecule has 0 aromatic carbocycles. The normalized spacial score (nSPS) is 29.8. The van der Waals surface area contributed by atoms with E-state index >= 15 is 0 Å². The predicted molar refractivity (Wildman–Crippen MR) is 112 cm³/mol. The number of halogens is 2. The number of rotatable bonds is 5. The van der Waals surface area contributed by atoms with Crippen LogP contribution in [-0.4, -0.2) is 58.0 Å². The summed E-state index contributed by atoms with van der Waals surface area (Å²) in [5.74, 6) is 2.33. The SMILES string of the molecule is CC(=O)N1C[C@@H]2[C@H](C1)[C@H]2c1cc(-c2cnc(N)c(OC(F)F)c2)nc(N2CC3CC2C3)n1. The van der Waals surface area contributed by atoms with Gasteiger partial charge in [-0.1, -0.05) is 0 Å². The van der Waals surface area contributed by atoms with Gasteiger partial charge in [-0.25, -0.2) is 15.0 Å². The van der Waals surface area contributed by atoms with E-state index in [1.807, 2.05) is 11.0 Å². The third-order valence-corrected chi connectivity index (χ3v) is 7.47. The van der Waals surface area contributed by atoms with Gasteiger partial charge >= 0.3 is 6.61 Å². The van der Waals surface area contributed by atoms with Crippen LogP contribution in [0.5, 0.6) is 5.75 Å². The molecule has 5 fully saturated rings. The number of carbonyl (C=O) groups excluding carboxylic acids is 1. The molecule has 2 aromatic rings. The molecule has 5 heterocycles. The summed E-state index contributed by atoms with van der Waals surface area (Å²) in [5, 5.41) is 0. The fraction of sp³-hybridized carbons (Fsp3) is 0.545. The Balaban J connectivity index is 1.36. The van der Waals surface area contributed by atoms with E-state index in [-0.39, 0.29) is 23.4 Å². The Morgan fingerprint density at radius 2 is 1.94 bits per heavy atom. The topological polar surface area (TPSA) is 97.5 Å². The molecule has 1 amide bonds. The number of hydrogen-bond acceptors (Lipinski definition) is 7. The number of nitrogens with two attached hydrogens (primary N) is 1. The first-order chi connectivity index (χ1) is 15.4. The van der Waals surface area contributed by atoms with E-state index in [0.29, 0.717) is 41.0 Å². The zero-order chi connectivity index (χ0) is 22.1. The maximum Gasteiger partial charge on any atom is 0.387 e. The van der Waals surface area contributed by atoms with Gasteiger partial charge in [0.15, 0.2) is 11.6 Å². The first kappa shape index (κ1) is 19.6. The van der Waals surface area contributed by atoms with Crippen LogP contribution in [-0.2, 0) is 4.79 Å². The number of hydrogen-bond donors (Lipinski definition) is 1. The Hall–Kier alpha value is -3.04. The van der Waals surface area contributed by atoms with Crippen molar-refractivity contribution in [3.8, 4) is 17.0 Å². The molecule has 0 unspecified atom stereocenters. The van der Waals surface area contributed by atoms with Crippen LogP contribution in [0.3, 0.4) is 0 Å². The molecule has 2 aliphatic carbocycles. The van der Waals surface area contributed by atoms with Crippen LogP contribution < -0.4 is 15.4 Å². The molecular formula is C22H24F2N6O2. The maximum absolute atomic E-state index is 12.8. The Morgan fingerprint density at radius 1 is 1.19 bits per heavy atom. The van der Waals surface area contributed by atoms with Crippen molar-refractivity contribution in [2.75, 3.05) is 30.3 Å². The number of nitrogens with zero attached hydrogens (tertiary/aromatic N) is 5. The number of fused-ring (bicyclic) bond motifs is 2. The fourth-order valence-electron chi connectivity index (χ4n) is 5.68. The molecule has 2 aromatic heterocycles. The standard InChI is InChI=1S/C22H24F2N6O2/c1-10(31)29-8-14-15(9-29)19(14)17-5-16(12-4-18(32-21(23)24)20(25)26-6-12)27-22(28-17)30-7-11-2-13(30)3-11/h4-6,11,13-15,19,21H,2-3,7-9H2,1H3,(H2,25,26)/t11?,13?,14-,15+,19+. The van der Waals surface area contributed by atoms with Gasteiger partial charge in [0.2, 0.25) is 11.9 Å². The molecule has 0 spiro atoms. The van der Waals surface area contributed by atoms with Gasteiger partial charge in [-0.3, -0.25) is 4.79 Å². The number of piperidine rings is 1. The minimum atomic E-state index is -2.99.